The van der Waals surface area contributed by atoms with Crippen molar-refractivity contribution < 1.29 is 8.42 Å². The molecule has 3 rings (SSSR count). The first-order valence-corrected chi connectivity index (χ1v) is 7.82. The van der Waals surface area contributed by atoms with Crippen LogP contribution >= 0.6 is 0 Å². The van der Waals surface area contributed by atoms with Crippen LogP contribution in [0.4, 0.5) is 5.69 Å². The number of nitrogens with two attached hydrogens (primary N) is 1. The van der Waals surface area contributed by atoms with Gasteiger partial charge in [0.1, 0.15) is 5.69 Å². The molecule has 0 aliphatic carbocycles. The van der Waals surface area contributed by atoms with Crippen LogP contribution in [0.1, 0.15) is 12.5 Å². The van der Waals surface area contributed by atoms with Crippen LogP contribution in [0, 0.1) is 0 Å². The van der Waals surface area contributed by atoms with E-state index in [0.717, 1.165) is 5.69 Å². The van der Waals surface area contributed by atoms with Crippen molar-refractivity contribution in [2.24, 2.45) is 7.05 Å². The van der Waals surface area contributed by atoms with Crippen molar-refractivity contribution in [3.63, 3.8) is 0 Å². The third-order valence-corrected chi connectivity index (χ3v) is 5.16. The lowest BCUT2D eigenvalue weighted by molar-refractivity contribution is 0.500. The Hall–Kier alpha value is -1.83. The van der Waals surface area contributed by atoms with Gasteiger partial charge >= 0.3 is 0 Å². The molecule has 2 N–H and O–H groups in total. The molecule has 3 heterocycles. The standard InChI is InChI=1S/C11H15N5O2S/c1-15-10(2-4-13-15)11-9(12)6-16(14-11)8-3-5-19(17,18)7-8/h2,4,6,8H,3,5,7,12H2,1H3. The fourth-order valence-corrected chi connectivity index (χ4v) is 4.09. The van der Waals surface area contributed by atoms with Crippen molar-refractivity contribution in [2.45, 2.75) is 12.5 Å². The Labute approximate surface area is 110 Å². The lowest BCUT2D eigenvalue weighted by atomic mass is 10.3. The predicted molar refractivity (Wildman–Crippen MR) is 71.1 cm³/mol. The molecule has 2 aromatic rings. The highest BCUT2D eigenvalue weighted by molar-refractivity contribution is 7.91. The number of nitrogen functional groups attached to an aromatic ring is 1. The molecule has 102 valence electrons. The zero-order valence-electron chi connectivity index (χ0n) is 10.5. The monoisotopic (exact) mass is 281 g/mol. The minimum atomic E-state index is -2.93. The number of nitrogens with zero attached hydrogens (tertiary/aromatic N) is 4. The average Bonchev–Trinajstić information content (AvgIpc) is 2.98. The van der Waals surface area contributed by atoms with Crippen LogP contribution in [0.2, 0.25) is 0 Å². The van der Waals surface area contributed by atoms with Gasteiger partial charge in [-0.15, -0.1) is 0 Å². The molecular formula is C11H15N5O2S. The summed E-state index contributed by atoms with van der Waals surface area (Å²) < 4.78 is 26.4. The van der Waals surface area contributed by atoms with E-state index < -0.39 is 9.84 Å². The van der Waals surface area contributed by atoms with Crippen LogP contribution in [0.5, 0.6) is 0 Å². The first-order valence-electron chi connectivity index (χ1n) is 6.00. The van der Waals surface area contributed by atoms with Gasteiger partial charge in [0.15, 0.2) is 9.84 Å². The summed E-state index contributed by atoms with van der Waals surface area (Å²) in [5, 5.41) is 8.51. The van der Waals surface area contributed by atoms with Crippen molar-refractivity contribution in [3.8, 4) is 11.4 Å². The van der Waals surface area contributed by atoms with Gasteiger partial charge in [-0.3, -0.25) is 9.36 Å². The Morgan fingerprint density at radius 3 is 2.84 bits per heavy atom. The molecule has 1 fully saturated rings. The summed E-state index contributed by atoms with van der Waals surface area (Å²) in [5.74, 6) is 0.359. The fourth-order valence-electron chi connectivity index (χ4n) is 2.38. The second-order valence-electron chi connectivity index (χ2n) is 4.81. The summed E-state index contributed by atoms with van der Waals surface area (Å²) in [6, 6.07) is 1.71. The first kappa shape index (κ1) is 12.2. The van der Waals surface area contributed by atoms with E-state index in [4.69, 9.17) is 5.73 Å². The molecule has 7 nitrogen and oxygen atoms in total. The number of aryl methyl sites for hydroxylation is 1. The molecule has 0 radical (unpaired) electrons. The summed E-state index contributed by atoms with van der Waals surface area (Å²) in [6.07, 6.45) is 3.97. The smallest absolute Gasteiger partial charge is 0.152 e. The van der Waals surface area contributed by atoms with Gasteiger partial charge in [-0.2, -0.15) is 10.2 Å². The van der Waals surface area contributed by atoms with E-state index in [1.807, 2.05) is 13.1 Å². The van der Waals surface area contributed by atoms with Gasteiger partial charge in [-0.05, 0) is 12.5 Å². The van der Waals surface area contributed by atoms with Crippen LogP contribution in [-0.2, 0) is 16.9 Å². The fraction of sp³-hybridized carbons (Fsp3) is 0.455. The molecule has 0 spiro atoms. The van der Waals surface area contributed by atoms with E-state index in [1.54, 1.807) is 21.8 Å². The summed E-state index contributed by atoms with van der Waals surface area (Å²) in [5.41, 5.74) is 7.96. The third-order valence-electron chi connectivity index (χ3n) is 3.41. The number of hydrogen-bond donors (Lipinski definition) is 1. The Morgan fingerprint density at radius 2 is 2.26 bits per heavy atom. The zero-order chi connectivity index (χ0) is 13.6. The number of rotatable bonds is 2. The molecule has 1 aliphatic rings. The van der Waals surface area contributed by atoms with Gasteiger partial charge in [0, 0.05) is 19.4 Å². The minimum Gasteiger partial charge on any atom is -0.396 e. The molecule has 0 saturated carbocycles. The van der Waals surface area contributed by atoms with Gasteiger partial charge in [-0.25, -0.2) is 8.42 Å². The number of aromatic nitrogens is 4. The van der Waals surface area contributed by atoms with Gasteiger partial charge in [0.05, 0.1) is 28.9 Å². The third kappa shape index (κ3) is 2.12. The molecule has 1 saturated heterocycles. The Bertz CT molecular complexity index is 715. The first-order chi connectivity index (χ1) is 8.96. The van der Waals surface area contributed by atoms with Crippen LogP contribution in [-0.4, -0.2) is 39.5 Å². The van der Waals surface area contributed by atoms with Crippen molar-refractivity contribution in [1.29, 1.82) is 0 Å². The van der Waals surface area contributed by atoms with Gasteiger partial charge in [0.2, 0.25) is 0 Å². The Kier molecular flexibility index (Phi) is 2.63. The van der Waals surface area contributed by atoms with Gasteiger partial charge in [-0.1, -0.05) is 0 Å². The van der Waals surface area contributed by atoms with Crippen LogP contribution in [0.15, 0.2) is 18.5 Å². The average molecular weight is 281 g/mol. The second kappa shape index (κ2) is 4.09. The van der Waals surface area contributed by atoms with Crippen LogP contribution in [0.25, 0.3) is 11.4 Å². The van der Waals surface area contributed by atoms with Crippen molar-refractivity contribution >= 4 is 15.5 Å². The zero-order valence-corrected chi connectivity index (χ0v) is 11.3. The summed E-state index contributed by atoms with van der Waals surface area (Å²) in [6.45, 7) is 0. The van der Waals surface area contributed by atoms with E-state index in [-0.39, 0.29) is 17.5 Å². The number of hydrogen-bond acceptors (Lipinski definition) is 5. The Morgan fingerprint density at radius 1 is 1.47 bits per heavy atom. The number of sulfone groups is 1. The molecule has 2 aromatic heterocycles. The van der Waals surface area contributed by atoms with Crippen molar-refractivity contribution in [2.75, 3.05) is 17.2 Å². The van der Waals surface area contributed by atoms with E-state index in [2.05, 4.69) is 10.2 Å². The van der Waals surface area contributed by atoms with Crippen molar-refractivity contribution in [3.05, 3.63) is 18.5 Å². The molecule has 0 aromatic carbocycles. The highest BCUT2D eigenvalue weighted by Crippen LogP contribution is 2.28. The molecule has 0 bridgehead atoms. The molecule has 0 amide bonds. The van der Waals surface area contributed by atoms with E-state index in [9.17, 15) is 8.42 Å². The molecular weight excluding hydrogens is 266 g/mol. The summed E-state index contributed by atoms with van der Waals surface area (Å²) in [4.78, 5) is 0. The number of anilines is 1. The molecule has 8 heteroatoms. The topological polar surface area (TPSA) is 95.8 Å². The second-order valence-corrected chi connectivity index (χ2v) is 7.04. The largest absolute Gasteiger partial charge is 0.396 e. The van der Waals surface area contributed by atoms with Crippen LogP contribution < -0.4 is 5.73 Å². The lowest BCUT2D eigenvalue weighted by Gasteiger charge is -2.07. The minimum absolute atomic E-state index is 0.116. The summed E-state index contributed by atoms with van der Waals surface area (Å²) >= 11 is 0. The van der Waals surface area contributed by atoms with Crippen molar-refractivity contribution in [1.82, 2.24) is 19.6 Å². The van der Waals surface area contributed by atoms with Crippen LogP contribution in [0.3, 0.4) is 0 Å². The van der Waals surface area contributed by atoms with Gasteiger partial charge < -0.3 is 5.73 Å². The molecule has 1 unspecified atom stereocenters. The summed E-state index contributed by atoms with van der Waals surface area (Å²) in [7, 11) is -1.12. The molecule has 1 aliphatic heterocycles. The highest BCUT2D eigenvalue weighted by atomic mass is 32.2. The van der Waals surface area contributed by atoms with E-state index >= 15 is 0 Å². The highest BCUT2D eigenvalue weighted by Gasteiger charge is 2.30. The predicted octanol–water partition coefficient (Wildman–Crippen LogP) is 0.225. The Balaban J connectivity index is 1.97. The van der Waals surface area contributed by atoms with Gasteiger partial charge in [0.25, 0.3) is 0 Å². The molecule has 19 heavy (non-hydrogen) atoms. The molecule has 1 atom stereocenters. The SMILES string of the molecule is Cn1nccc1-c1nn(C2CCS(=O)(=O)C2)cc1N. The maximum atomic E-state index is 11.5. The normalized spacial score (nSPS) is 21.8. The maximum Gasteiger partial charge on any atom is 0.152 e. The van der Waals surface area contributed by atoms with E-state index in [1.165, 1.54) is 0 Å². The maximum absolute atomic E-state index is 11.5. The quantitative estimate of drug-likeness (QED) is 0.849. The lowest BCUT2D eigenvalue weighted by Crippen LogP contribution is -2.11. The van der Waals surface area contributed by atoms with E-state index in [0.29, 0.717) is 17.8 Å².